The minimum atomic E-state index is -0.944. The molecule has 1 heterocycles. The topological polar surface area (TPSA) is 130 Å². The summed E-state index contributed by atoms with van der Waals surface area (Å²) in [4.78, 5) is 30.6. The van der Waals surface area contributed by atoms with Crippen LogP contribution in [0.4, 0.5) is 0 Å². The van der Waals surface area contributed by atoms with Crippen LogP contribution in [0.3, 0.4) is 0 Å². The van der Waals surface area contributed by atoms with Crippen molar-refractivity contribution in [2.45, 2.75) is 31.3 Å². The van der Waals surface area contributed by atoms with Crippen LogP contribution in [0.5, 0.6) is 0 Å². The van der Waals surface area contributed by atoms with Crippen molar-refractivity contribution in [2.75, 3.05) is 12.0 Å². The molecule has 5 N–H and O–H groups in total. The van der Waals surface area contributed by atoms with Gasteiger partial charge in [0.1, 0.15) is 12.1 Å². The number of thioether (sulfide) groups is 1. The number of amides is 1. The number of nitrogens with two attached hydrogens (primary N) is 1. The summed E-state index contributed by atoms with van der Waals surface area (Å²) in [7, 11) is 0. The molecule has 18 heavy (non-hydrogen) atoms. The van der Waals surface area contributed by atoms with E-state index in [0.717, 1.165) is 5.75 Å². The Bertz CT molecular complexity index is 311. The first-order chi connectivity index (χ1) is 8.38. The number of nitrogens with one attached hydrogen (secondary N) is 1. The molecule has 0 bridgehead atoms. The van der Waals surface area contributed by atoms with E-state index < -0.39 is 24.0 Å². The van der Waals surface area contributed by atoms with Crippen molar-refractivity contribution in [3.63, 3.8) is 0 Å². The summed E-state index contributed by atoms with van der Waals surface area (Å²) in [6, 6.07) is -1.32. The third kappa shape index (κ3) is 7.13. The molecular formula is C10H18N2O5S. The molecule has 0 aromatic rings. The van der Waals surface area contributed by atoms with Gasteiger partial charge in [-0.05, 0) is 24.9 Å². The van der Waals surface area contributed by atoms with Gasteiger partial charge in [0.25, 0.3) is 0 Å². The number of aliphatic carboxylic acids is 2. The van der Waals surface area contributed by atoms with Crippen LogP contribution in [0.2, 0.25) is 0 Å². The highest BCUT2D eigenvalue weighted by molar-refractivity contribution is 7.98. The average Bonchev–Trinajstić information content (AvgIpc) is 2.73. The van der Waals surface area contributed by atoms with Crippen molar-refractivity contribution < 1.29 is 24.6 Å². The number of carbonyl (C=O) groups is 3. The number of hydrogen-bond acceptors (Lipinski definition) is 5. The van der Waals surface area contributed by atoms with Gasteiger partial charge in [0, 0.05) is 6.42 Å². The molecule has 1 aliphatic rings. The van der Waals surface area contributed by atoms with Gasteiger partial charge in [-0.25, -0.2) is 4.79 Å². The highest BCUT2D eigenvalue weighted by Gasteiger charge is 2.26. The Morgan fingerprint density at radius 3 is 2.44 bits per heavy atom. The van der Waals surface area contributed by atoms with Crippen LogP contribution < -0.4 is 11.1 Å². The molecule has 1 fully saturated rings. The molecule has 0 saturated carbocycles. The fourth-order valence-corrected chi connectivity index (χ4v) is 1.66. The monoisotopic (exact) mass is 278 g/mol. The van der Waals surface area contributed by atoms with Gasteiger partial charge in [-0.15, -0.1) is 0 Å². The Balaban J connectivity index is 0.000000321. The average molecular weight is 278 g/mol. The van der Waals surface area contributed by atoms with Gasteiger partial charge in [0.2, 0.25) is 5.91 Å². The second-order valence-electron chi connectivity index (χ2n) is 3.72. The second kappa shape index (κ2) is 8.76. The van der Waals surface area contributed by atoms with Crippen molar-refractivity contribution in [3.8, 4) is 0 Å². The zero-order valence-corrected chi connectivity index (χ0v) is 10.9. The van der Waals surface area contributed by atoms with E-state index in [-0.39, 0.29) is 5.91 Å². The molecule has 104 valence electrons. The lowest BCUT2D eigenvalue weighted by Crippen LogP contribution is -2.32. The van der Waals surface area contributed by atoms with E-state index in [9.17, 15) is 14.4 Å². The van der Waals surface area contributed by atoms with E-state index in [1.165, 1.54) is 0 Å². The molecule has 7 nitrogen and oxygen atoms in total. The third-order valence-electron chi connectivity index (χ3n) is 2.24. The van der Waals surface area contributed by atoms with Gasteiger partial charge < -0.3 is 21.3 Å². The predicted octanol–water partition coefficient (Wildman–Crippen LogP) is -0.499. The molecular weight excluding hydrogens is 260 g/mol. The number of carboxylic acid groups (broad SMARTS) is 2. The summed E-state index contributed by atoms with van der Waals surface area (Å²) >= 11 is 1.60. The SMILES string of the molecule is CSCCC(N)C(=O)O.O=C1CC[C@@H](C(=O)O)N1. The molecule has 8 heteroatoms. The number of rotatable bonds is 5. The fraction of sp³-hybridized carbons (Fsp3) is 0.700. The summed E-state index contributed by atoms with van der Waals surface area (Å²) < 4.78 is 0. The van der Waals surface area contributed by atoms with E-state index >= 15 is 0 Å². The van der Waals surface area contributed by atoms with Gasteiger partial charge in [0.05, 0.1) is 0 Å². The molecule has 0 aliphatic carbocycles. The van der Waals surface area contributed by atoms with Crippen LogP contribution in [0.25, 0.3) is 0 Å². The van der Waals surface area contributed by atoms with Crippen LogP contribution in [-0.4, -0.2) is 52.2 Å². The Morgan fingerprint density at radius 1 is 1.56 bits per heavy atom. The van der Waals surface area contributed by atoms with Gasteiger partial charge in [-0.3, -0.25) is 9.59 Å². The van der Waals surface area contributed by atoms with Gasteiger partial charge in [0.15, 0.2) is 0 Å². The van der Waals surface area contributed by atoms with E-state index in [1.807, 2.05) is 6.26 Å². The van der Waals surface area contributed by atoms with E-state index in [2.05, 4.69) is 5.32 Å². The molecule has 0 radical (unpaired) electrons. The van der Waals surface area contributed by atoms with Crippen LogP contribution in [0.15, 0.2) is 0 Å². The quantitative estimate of drug-likeness (QED) is 0.533. The fourth-order valence-electron chi connectivity index (χ4n) is 1.17. The number of carbonyl (C=O) groups excluding carboxylic acids is 1. The van der Waals surface area contributed by atoms with Crippen LogP contribution in [0, 0.1) is 0 Å². The van der Waals surface area contributed by atoms with E-state index in [1.54, 1.807) is 11.8 Å². The molecule has 0 aromatic heterocycles. The normalized spacial score (nSPS) is 19.4. The lowest BCUT2D eigenvalue weighted by molar-refractivity contribution is -0.140. The first-order valence-electron chi connectivity index (χ1n) is 5.38. The zero-order chi connectivity index (χ0) is 14.1. The highest BCUT2D eigenvalue weighted by Crippen LogP contribution is 2.05. The van der Waals surface area contributed by atoms with Gasteiger partial charge in [-0.1, -0.05) is 0 Å². The minimum absolute atomic E-state index is 0.164. The van der Waals surface area contributed by atoms with Crippen molar-refractivity contribution in [1.82, 2.24) is 5.32 Å². The Kier molecular flexibility index (Phi) is 8.14. The summed E-state index contributed by atoms with van der Waals surface area (Å²) in [6.45, 7) is 0. The summed E-state index contributed by atoms with van der Waals surface area (Å²) in [5.41, 5.74) is 5.19. The minimum Gasteiger partial charge on any atom is -0.480 e. The summed E-state index contributed by atoms with van der Waals surface area (Å²) in [5.74, 6) is -1.21. The highest BCUT2D eigenvalue weighted by atomic mass is 32.2. The van der Waals surface area contributed by atoms with Gasteiger partial charge in [-0.2, -0.15) is 11.8 Å². The zero-order valence-electron chi connectivity index (χ0n) is 10.1. The van der Waals surface area contributed by atoms with Gasteiger partial charge >= 0.3 is 11.9 Å². The van der Waals surface area contributed by atoms with Crippen molar-refractivity contribution in [1.29, 1.82) is 0 Å². The first kappa shape index (κ1) is 16.7. The first-order valence-corrected chi connectivity index (χ1v) is 6.77. The summed E-state index contributed by atoms with van der Waals surface area (Å²) in [5, 5.41) is 18.9. The maximum absolute atomic E-state index is 10.4. The molecule has 0 spiro atoms. The third-order valence-corrected chi connectivity index (χ3v) is 2.89. The largest absolute Gasteiger partial charge is 0.480 e. The van der Waals surface area contributed by atoms with E-state index in [0.29, 0.717) is 19.3 Å². The lowest BCUT2D eigenvalue weighted by Gasteiger charge is -2.02. The summed E-state index contributed by atoms with van der Waals surface area (Å²) in [6.07, 6.45) is 3.25. The molecule has 0 aromatic carbocycles. The Hall–Kier alpha value is -1.28. The van der Waals surface area contributed by atoms with Crippen molar-refractivity contribution in [3.05, 3.63) is 0 Å². The van der Waals surface area contributed by atoms with Crippen molar-refractivity contribution >= 4 is 29.6 Å². The van der Waals surface area contributed by atoms with Crippen LogP contribution >= 0.6 is 11.8 Å². The molecule has 1 rings (SSSR count). The van der Waals surface area contributed by atoms with Crippen LogP contribution in [-0.2, 0) is 14.4 Å². The Morgan fingerprint density at radius 2 is 2.17 bits per heavy atom. The lowest BCUT2D eigenvalue weighted by atomic mass is 10.2. The Labute approximate surface area is 109 Å². The van der Waals surface area contributed by atoms with E-state index in [4.69, 9.17) is 15.9 Å². The second-order valence-corrected chi connectivity index (χ2v) is 4.71. The predicted molar refractivity (Wildman–Crippen MR) is 67.4 cm³/mol. The number of carboxylic acids is 2. The number of hydrogen-bond donors (Lipinski definition) is 4. The molecule has 1 amide bonds. The molecule has 1 unspecified atom stereocenters. The van der Waals surface area contributed by atoms with Crippen molar-refractivity contribution in [2.24, 2.45) is 5.73 Å². The van der Waals surface area contributed by atoms with Crippen LogP contribution in [0.1, 0.15) is 19.3 Å². The maximum Gasteiger partial charge on any atom is 0.326 e. The maximum atomic E-state index is 10.4. The molecule has 1 aliphatic heterocycles. The molecule has 1 saturated heterocycles. The smallest absolute Gasteiger partial charge is 0.326 e. The standard InChI is InChI=1S/C5H7NO3.C5H11NO2S/c7-4-2-1-3(6-4)5(8)9;1-9-3-2-4(6)5(7)8/h3H,1-2H2,(H,6,7)(H,8,9);4H,2-3,6H2,1H3,(H,7,8)/t3-;/m0./s1. The molecule has 2 atom stereocenters.